The molecule has 0 spiro atoms. The fourth-order valence-corrected chi connectivity index (χ4v) is 2.62. The molecule has 0 saturated heterocycles. The van der Waals surface area contributed by atoms with E-state index in [-0.39, 0.29) is 11.9 Å². The summed E-state index contributed by atoms with van der Waals surface area (Å²) < 4.78 is 10.4. The van der Waals surface area contributed by atoms with Crippen LogP contribution in [0.2, 0.25) is 0 Å². The van der Waals surface area contributed by atoms with Crippen molar-refractivity contribution < 1.29 is 19.1 Å². The molecule has 0 aromatic rings. The Balaban J connectivity index is 3.76. The van der Waals surface area contributed by atoms with Gasteiger partial charge in [0.2, 0.25) is 0 Å². The molecule has 0 bridgehead atoms. The van der Waals surface area contributed by atoms with Crippen molar-refractivity contribution in [2.75, 3.05) is 13.2 Å². The minimum absolute atomic E-state index is 0.304. The van der Waals surface area contributed by atoms with E-state index in [9.17, 15) is 9.59 Å². The van der Waals surface area contributed by atoms with Crippen LogP contribution in [0.3, 0.4) is 0 Å². The van der Waals surface area contributed by atoms with Crippen molar-refractivity contribution in [2.45, 2.75) is 66.7 Å². The van der Waals surface area contributed by atoms with Crippen molar-refractivity contribution in [2.24, 2.45) is 17.8 Å². The van der Waals surface area contributed by atoms with Gasteiger partial charge in [0, 0.05) is 11.1 Å². The molecular weight excluding hydrogens is 316 g/mol. The van der Waals surface area contributed by atoms with Crippen molar-refractivity contribution in [1.82, 2.24) is 0 Å². The van der Waals surface area contributed by atoms with Gasteiger partial charge in [0.1, 0.15) is 0 Å². The highest BCUT2D eigenvalue weighted by atomic mass is 16.5. The van der Waals surface area contributed by atoms with Crippen LogP contribution in [0.1, 0.15) is 66.7 Å². The number of rotatable bonds is 13. The van der Waals surface area contributed by atoms with Gasteiger partial charge in [-0.1, -0.05) is 53.2 Å². The third-order valence-electron chi connectivity index (χ3n) is 4.14. The summed E-state index contributed by atoms with van der Waals surface area (Å²) in [5, 5.41) is 0. The van der Waals surface area contributed by atoms with Crippen LogP contribution in [0.25, 0.3) is 0 Å². The zero-order chi connectivity index (χ0) is 19.4. The summed E-state index contributed by atoms with van der Waals surface area (Å²) in [6, 6.07) is 0. The van der Waals surface area contributed by atoms with Gasteiger partial charge in [0.05, 0.1) is 13.2 Å². The van der Waals surface area contributed by atoms with Crippen LogP contribution in [-0.4, -0.2) is 25.2 Å². The molecule has 0 saturated carbocycles. The van der Waals surface area contributed by atoms with Gasteiger partial charge in [-0.25, -0.2) is 9.59 Å². The van der Waals surface area contributed by atoms with Gasteiger partial charge >= 0.3 is 11.9 Å². The standard InChI is InChI=1S/C21H36O4/c1-15(2)20(22)24-13-18(6)11-9-8-10-17(5)12-19(7)14-25-21(23)16(3)4/h17-19H,1,3,8-14H2,2,4-7H3. The molecule has 4 nitrogen and oxygen atoms in total. The van der Waals surface area contributed by atoms with Gasteiger partial charge in [-0.2, -0.15) is 0 Å². The number of carbonyl (C=O) groups excluding carboxylic acids is 2. The minimum Gasteiger partial charge on any atom is -0.462 e. The first-order valence-corrected chi connectivity index (χ1v) is 9.28. The Hall–Kier alpha value is -1.58. The van der Waals surface area contributed by atoms with E-state index in [4.69, 9.17) is 9.47 Å². The normalized spacial score (nSPS) is 14.3. The topological polar surface area (TPSA) is 52.6 Å². The highest BCUT2D eigenvalue weighted by molar-refractivity contribution is 5.87. The number of hydrogen-bond donors (Lipinski definition) is 0. The largest absolute Gasteiger partial charge is 0.462 e. The quantitative estimate of drug-likeness (QED) is 0.263. The predicted octanol–water partition coefficient (Wildman–Crippen LogP) is 5.08. The summed E-state index contributed by atoms with van der Waals surface area (Å²) in [6.45, 7) is 17.9. The Kier molecular flexibility index (Phi) is 11.9. The molecule has 0 heterocycles. The lowest BCUT2D eigenvalue weighted by molar-refractivity contribution is -0.141. The number of esters is 2. The molecule has 0 radical (unpaired) electrons. The fourth-order valence-electron chi connectivity index (χ4n) is 2.62. The van der Waals surface area contributed by atoms with Crippen molar-refractivity contribution in [1.29, 1.82) is 0 Å². The van der Waals surface area contributed by atoms with E-state index in [2.05, 4.69) is 33.9 Å². The number of hydrogen-bond acceptors (Lipinski definition) is 4. The van der Waals surface area contributed by atoms with Gasteiger partial charge in [-0.15, -0.1) is 0 Å². The zero-order valence-electron chi connectivity index (χ0n) is 16.7. The molecular formula is C21H36O4. The highest BCUT2D eigenvalue weighted by Gasteiger charge is 2.12. The van der Waals surface area contributed by atoms with Gasteiger partial charge in [0.25, 0.3) is 0 Å². The zero-order valence-corrected chi connectivity index (χ0v) is 16.7. The van der Waals surface area contributed by atoms with E-state index in [1.165, 1.54) is 0 Å². The van der Waals surface area contributed by atoms with E-state index in [1.807, 2.05) is 0 Å². The van der Waals surface area contributed by atoms with Crippen molar-refractivity contribution in [3.63, 3.8) is 0 Å². The molecule has 0 rings (SSSR count). The minimum atomic E-state index is -0.305. The van der Waals surface area contributed by atoms with Gasteiger partial charge in [0.15, 0.2) is 0 Å². The monoisotopic (exact) mass is 352 g/mol. The first-order chi connectivity index (χ1) is 11.6. The molecule has 0 aromatic carbocycles. The molecule has 0 amide bonds. The summed E-state index contributed by atoms with van der Waals surface area (Å²) in [4.78, 5) is 22.7. The van der Waals surface area contributed by atoms with Crippen molar-refractivity contribution in [3.8, 4) is 0 Å². The second-order valence-corrected chi connectivity index (χ2v) is 7.59. The van der Waals surface area contributed by atoms with Crippen LogP contribution in [-0.2, 0) is 19.1 Å². The molecule has 0 fully saturated rings. The summed E-state index contributed by atoms with van der Waals surface area (Å²) in [5.74, 6) is 0.732. The van der Waals surface area contributed by atoms with E-state index in [0.29, 0.717) is 42.1 Å². The number of carbonyl (C=O) groups is 2. The molecule has 0 aliphatic heterocycles. The number of unbranched alkanes of at least 4 members (excludes halogenated alkanes) is 1. The summed E-state index contributed by atoms with van der Waals surface area (Å²) in [7, 11) is 0. The SMILES string of the molecule is C=C(C)C(=O)OCC(C)CCCCC(C)CC(C)COC(=O)C(=C)C. The maximum absolute atomic E-state index is 11.4. The first-order valence-electron chi connectivity index (χ1n) is 9.28. The lowest BCUT2D eigenvalue weighted by Gasteiger charge is -2.18. The molecule has 0 aliphatic rings. The van der Waals surface area contributed by atoms with E-state index in [1.54, 1.807) is 13.8 Å². The van der Waals surface area contributed by atoms with Crippen LogP contribution in [0, 0.1) is 17.8 Å². The average molecular weight is 353 g/mol. The Bertz CT molecular complexity index is 453. The molecule has 3 atom stereocenters. The van der Waals surface area contributed by atoms with Crippen LogP contribution >= 0.6 is 0 Å². The number of ether oxygens (including phenoxy) is 2. The predicted molar refractivity (Wildman–Crippen MR) is 102 cm³/mol. The molecule has 25 heavy (non-hydrogen) atoms. The third-order valence-corrected chi connectivity index (χ3v) is 4.14. The lowest BCUT2D eigenvalue weighted by atomic mass is 9.92. The van der Waals surface area contributed by atoms with Crippen molar-refractivity contribution in [3.05, 3.63) is 24.3 Å². The Labute approximate surface area is 153 Å². The summed E-state index contributed by atoms with van der Waals surface area (Å²) in [5.41, 5.74) is 0.896. The van der Waals surface area contributed by atoms with Crippen LogP contribution in [0.5, 0.6) is 0 Å². The van der Waals surface area contributed by atoms with E-state index in [0.717, 1.165) is 32.1 Å². The fraction of sp³-hybridized carbons (Fsp3) is 0.714. The average Bonchev–Trinajstić information content (AvgIpc) is 2.53. The summed E-state index contributed by atoms with van der Waals surface area (Å²) in [6.07, 6.45) is 5.57. The Morgan fingerprint density at radius 1 is 0.760 bits per heavy atom. The maximum Gasteiger partial charge on any atom is 0.333 e. The molecule has 0 aliphatic carbocycles. The van der Waals surface area contributed by atoms with E-state index >= 15 is 0 Å². The molecule has 4 heteroatoms. The second-order valence-electron chi connectivity index (χ2n) is 7.59. The first kappa shape index (κ1) is 23.4. The second kappa shape index (κ2) is 12.7. The van der Waals surface area contributed by atoms with Gasteiger partial charge in [-0.3, -0.25) is 0 Å². The van der Waals surface area contributed by atoms with Crippen LogP contribution < -0.4 is 0 Å². The Morgan fingerprint density at radius 2 is 1.16 bits per heavy atom. The molecule has 0 N–H and O–H groups in total. The molecule has 144 valence electrons. The van der Waals surface area contributed by atoms with Gasteiger partial charge in [-0.05, 0) is 44.4 Å². The lowest BCUT2D eigenvalue weighted by Crippen LogP contribution is -2.14. The molecule has 0 aromatic heterocycles. The van der Waals surface area contributed by atoms with Crippen LogP contribution in [0.4, 0.5) is 0 Å². The Morgan fingerprint density at radius 3 is 1.60 bits per heavy atom. The highest BCUT2D eigenvalue weighted by Crippen LogP contribution is 2.20. The smallest absolute Gasteiger partial charge is 0.333 e. The summed E-state index contributed by atoms with van der Waals surface area (Å²) >= 11 is 0. The van der Waals surface area contributed by atoms with Crippen LogP contribution in [0.15, 0.2) is 24.3 Å². The van der Waals surface area contributed by atoms with Crippen molar-refractivity contribution >= 4 is 11.9 Å². The third kappa shape index (κ3) is 12.4. The van der Waals surface area contributed by atoms with E-state index < -0.39 is 0 Å². The maximum atomic E-state index is 11.4. The van der Waals surface area contributed by atoms with Gasteiger partial charge < -0.3 is 9.47 Å². The molecule has 3 unspecified atom stereocenters.